The molecule has 3 nitrogen and oxygen atoms in total. The first-order chi connectivity index (χ1) is 9.22. The highest BCUT2D eigenvalue weighted by atomic mass is 32.1. The van der Waals surface area contributed by atoms with Crippen LogP contribution in [0.4, 0.5) is 0 Å². The van der Waals surface area contributed by atoms with E-state index in [9.17, 15) is 0 Å². The van der Waals surface area contributed by atoms with Crippen molar-refractivity contribution in [3.05, 3.63) is 16.1 Å². The van der Waals surface area contributed by atoms with E-state index in [0.717, 1.165) is 12.6 Å². The summed E-state index contributed by atoms with van der Waals surface area (Å²) in [5.74, 6) is 0.560. The van der Waals surface area contributed by atoms with E-state index in [2.05, 4.69) is 29.4 Å². The third-order valence-electron chi connectivity index (χ3n) is 4.11. The molecule has 0 spiro atoms. The Labute approximate surface area is 120 Å². The average Bonchev–Trinajstić information content (AvgIpc) is 2.90. The van der Waals surface area contributed by atoms with E-state index < -0.39 is 0 Å². The highest BCUT2D eigenvalue weighted by Gasteiger charge is 2.31. The van der Waals surface area contributed by atoms with Crippen LogP contribution in [0.2, 0.25) is 0 Å². The van der Waals surface area contributed by atoms with Gasteiger partial charge in [-0.05, 0) is 32.2 Å². The molecule has 1 aromatic heterocycles. The molecule has 3 rings (SSSR count). The predicted octanol–water partition coefficient (Wildman–Crippen LogP) is 2.98. The Bertz CT molecular complexity index is 405. The molecular formula is C15H25N3S. The molecule has 0 aromatic carbocycles. The second-order valence-corrected chi connectivity index (χ2v) is 7.18. The highest BCUT2D eigenvalue weighted by molar-refractivity contribution is 7.09. The molecule has 1 aromatic rings. The number of hydrogen-bond donors (Lipinski definition) is 1. The third kappa shape index (κ3) is 3.56. The van der Waals surface area contributed by atoms with Gasteiger partial charge in [-0.3, -0.25) is 4.90 Å². The second-order valence-electron chi connectivity index (χ2n) is 6.29. The van der Waals surface area contributed by atoms with Crippen molar-refractivity contribution in [3.63, 3.8) is 0 Å². The zero-order chi connectivity index (χ0) is 13.2. The summed E-state index contributed by atoms with van der Waals surface area (Å²) >= 11 is 1.82. The van der Waals surface area contributed by atoms with Crippen LogP contribution in [-0.4, -0.2) is 35.1 Å². The van der Waals surface area contributed by atoms with Gasteiger partial charge in [0.1, 0.15) is 0 Å². The zero-order valence-electron chi connectivity index (χ0n) is 12.1. The van der Waals surface area contributed by atoms with Crippen LogP contribution in [0.25, 0.3) is 0 Å². The maximum absolute atomic E-state index is 4.79. The monoisotopic (exact) mass is 279 g/mol. The average molecular weight is 279 g/mol. The van der Waals surface area contributed by atoms with Crippen molar-refractivity contribution in [2.75, 3.05) is 13.1 Å². The lowest BCUT2D eigenvalue weighted by Gasteiger charge is -2.24. The number of hydrogen-bond acceptors (Lipinski definition) is 4. The smallest absolute Gasteiger partial charge is 0.0954 e. The van der Waals surface area contributed by atoms with Crippen LogP contribution >= 0.6 is 11.3 Å². The topological polar surface area (TPSA) is 28.2 Å². The van der Waals surface area contributed by atoms with Crippen LogP contribution in [0.3, 0.4) is 0 Å². The summed E-state index contributed by atoms with van der Waals surface area (Å²) in [6.07, 6.45) is 5.46. The van der Waals surface area contributed by atoms with E-state index in [4.69, 9.17) is 4.98 Å². The summed E-state index contributed by atoms with van der Waals surface area (Å²) in [6, 6.07) is 1.54. The molecule has 1 saturated heterocycles. The SMILES string of the molecule is CC(C)c1nc(CN(CC2CCCN2)C2CC2)cs1. The summed E-state index contributed by atoms with van der Waals surface area (Å²) in [5.41, 5.74) is 1.28. The Kier molecular flexibility index (Phi) is 4.20. The second kappa shape index (κ2) is 5.90. The lowest BCUT2D eigenvalue weighted by Crippen LogP contribution is -2.38. The van der Waals surface area contributed by atoms with Gasteiger partial charge in [0, 0.05) is 36.5 Å². The molecule has 4 heteroatoms. The van der Waals surface area contributed by atoms with Crippen LogP contribution in [0.5, 0.6) is 0 Å². The van der Waals surface area contributed by atoms with Crippen LogP contribution in [0, 0.1) is 0 Å². The van der Waals surface area contributed by atoms with Gasteiger partial charge in [0.25, 0.3) is 0 Å². The summed E-state index contributed by atoms with van der Waals surface area (Å²) in [7, 11) is 0. The van der Waals surface area contributed by atoms with E-state index in [-0.39, 0.29) is 0 Å². The highest BCUT2D eigenvalue weighted by Crippen LogP contribution is 2.30. The van der Waals surface area contributed by atoms with E-state index in [1.54, 1.807) is 0 Å². The fraction of sp³-hybridized carbons (Fsp3) is 0.800. The van der Waals surface area contributed by atoms with E-state index in [0.29, 0.717) is 12.0 Å². The minimum atomic E-state index is 0.560. The fourth-order valence-electron chi connectivity index (χ4n) is 2.85. The van der Waals surface area contributed by atoms with Gasteiger partial charge in [-0.2, -0.15) is 0 Å². The van der Waals surface area contributed by atoms with Crippen molar-refractivity contribution in [1.29, 1.82) is 0 Å². The fourth-order valence-corrected chi connectivity index (χ4v) is 3.67. The standard InChI is InChI=1S/C15H25N3S/c1-11(2)15-17-13(10-19-15)9-18(14-5-6-14)8-12-4-3-7-16-12/h10-12,14,16H,3-9H2,1-2H3. The van der Waals surface area contributed by atoms with Crippen molar-refractivity contribution >= 4 is 11.3 Å². The molecule has 2 aliphatic rings. The molecule has 1 atom stereocenters. The van der Waals surface area contributed by atoms with Gasteiger partial charge in [0.2, 0.25) is 0 Å². The van der Waals surface area contributed by atoms with E-state index in [1.807, 2.05) is 11.3 Å². The van der Waals surface area contributed by atoms with E-state index >= 15 is 0 Å². The lowest BCUT2D eigenvalue weighted by molar-refractivity contribution is 0.229. The van der Waals surface area contributed by atoms with Gasteiger partial charge in [0.15, 0.2) is 0 Å². The van der Waals surface area contributed by atoms with Crippen LogP contribution in [0.1, 0.15) is 56.2 Å². The number of thiazole rings is 1. The van der Waals surface area contributed by atoms with Gasteiger partial charge in [-0.15, -0.1) is 11.3 Å². The molecule has 0 bridgehead atoms. The first kappa shape index (κ1) is 13.5. The van der Waals surface area contributed by atoms with Gasteiger partial charge in [-0.1, -0.05) is 13.8 Å². The maximum atomic E-state index is 4.79. The van der Waals surface area contributed by atoms with Crippen LogP contribution in [-0.2, 0) is 6.54 Å². The molecule has 0 amide bonds. The van der Waals surface area contributed by atoms with E-state index in [1.165, 1.54) is 49.5 Å². The van der Waals surface area contributed by atoms with Crippen molar-refractivity contribution in [2.24, 2.45) is 0 Å². The minimum absolute atomic E-state index is 0.560. The Balaban J connectivity index is 1.60. The minimum Gasteiger partial charge on any atom is -0.313 e. The quantitative estimate of drug-likeness (QED) is 0.867. The van der Waals surface area contributed by atoms with Gasteiger partial charge < -0.3 is 5.32 Å². The molecule has 2 heterocycles. The summed E-state index contributed by atoms with van der Waals surface area (Å²) in [6.45, 7) is 7.91. The van der Waals surface area contributed by atoms with Crippen molar-refractivity contribution in [2.45, 2.75) is 64.1 Å². The van der Waals surface area contributed by atoms with Crippen molar-refractivity contribution in [1.82, 2.24) is 15.2 Å². The molecule has 1 aliphatic carbocycles. The molecule has 1 aliphatic heterocycles. The van der Waals surface area contributed by atoms with Crippen LogP contribution in [0.15, 0.2) is 5.38 Å². The van der Waals surface area contributed by atoms with Crippen molar-refractivity contribution in [3.8, 4) is 0 Å². The van der Waals surface area contributed by atoms with Gasteiger partial charge in [-0.25, -0.2) is 4.98 Å². The predicted molar refractivity (Wildman–Crippen MR) is 80.7 cm³/mol. The molecule has 2 fully saturated rings. The largest absolute Gasteiger partial charge is 0.313 e. The first-order valence-corrected chi connectivity index (χ1v) is 8.52. The summed E-state index contributed by atoms with van der Waals surface area (Å²) in [5, 5.41) is 7.16. The summed E-state index contributed by atoms with van der Waals surface area (Å²) in [4.78, 5) is 7.45. The Morgan fingerprint density at radius 3 is 2.84 bits per heavy atom. The Hall–Kier alpha value is -0.450. The molecule has 19 heavy (non-hydrogen) atoms. The summed E-state index contributed by atoms with van der Waals surface area (Å²) < 4.78 is 0. The first-order valence-electron chi connectivity index (χ1n) is 7.64. The third-order valence-corrected chi connectivity index (χ3v) is 5.30. The normalized spacial score (nSPS) is 23.7. The number of rotatable bonds is 6. The molecule has 1 saturated carbocycles. The number of nitrogens with zero attached hydrogens (tertiary/aromatic N) is 2. The molecule has 0 radical (unpaired) electrons. The van der Waals surface area contributed by atoms with Crippen LogP contribution < -0.4 is 5.32 Å². The zero-order valence-corrected chi connectivity index (χ0v) is 12.9. The maximum Gasteiger partial charge on any atom is 0.0954 e. The molecule has 1 unspecified atom stereocenters. The molecular weight excluding hydrogens is 254 g/mol. The number of aromatic nitrogens is 1. The van der Waals surface area contributed by atoms with Crippen molar-refractivity contribution < 1.29 is 0 Å². The molecule has 1 N–H and O–H groups in total. The Morgan fingerprint density at radius 2 is 2.26 bits per heavy atom. The Morgan fingerprint density at radius 1 is 1.42 bits per heavy atom. The molecule has 106 valence electrons. The van der Waals surface area contributed by atoms with Gasteiger partial charge in [0.05, 0.1) is 10.7 Å². The number of nitrogens with one attached hydrogen (secondary N) is 1. The van der Waals surface area contributed by atoms with Gasteiger partial charge >= 0.3 is 0 Å². The lowest BCUT2D eigenvalue weighted by atomic mass is 10.2.